The van der Waals surface area contributed by atoms with E-state index in [2.05, 4.69) is 16.0 Å². The standard InChI is InChI=1S/C20H25N3O2S/c24-20(25-12-15-7-9-21-10-8-15)23-18-4-2-1-3-17(18)19-22-16(13-26-19)11-14-5-6-14/h1-4,13-15,21H,5-12H2,(H,23,24). The van der Waals surface area contributed by atoms with E-state index in [1.165, 1.54) is 12.8 Å². The molecule has 2 fully saturated rings. The molecule has 1 aromatic carbocycles. The highest BCUT2D eigenvalue weighted by atomic mass is 32.1. The van der Waals surface area contributed by atoms with Gasteiger partial charge in [0.05, 0.1) is 18.0 Å². The van der Waals surface area contributed by atoms with E-state index < -0.39 is 0 Å². The summed E-state index contributed by atoms with van der Waals surface area (Å²) >= 11 is 1.64. The summed E-state index contributed by atoms with van der Waals surface area (Å²) in [6.07, 6.45) is 5.47. The second-order valence-corrected chi connectivity index (χ2v) is 8.11. The van der Waals surface area contributed by atoms with Gasteiger partial charge in [-0.25, -0.2) is 9.78 Å². The minimum Gasteiger partial charge on any atom is -0.449 e. The summed E-state index contributed by atoms with van der Waals surface area (Å²) in [5, 5.41) is 9.32. The molecule has 1 aliphatic heterocycles. The molecule has 138 valence electrons. The highest BCUT2D eigenvalue weighted by Crippen LogP contribution is 2.35. The lowest BCUT2D eigenvalue weighted by atomic mass is 9.99. The summed E-state index contributed by atoms with van der Waals surface area (Å²) in [7, 11) is 0. The SMILES string of the molecule is O=C(Nc1ccccc1-c1nc(CC2CC2)cs1)OCC1CCNCC1. The van der Waals surface area contributed by atoms with Gasteiger partial charge in [-0.1, -0.05) is 12.1 Å². The maximum absolute atomic E-state index is 12.2. The Kier molecular flexibility index (Phi) is 5.51. The van der Waals surface area contributed by atoms with Crippen LogP contribution in [0.25, 0.3) is 10.6 Å². The van der Waals surface area contributed by atoms with E-state index in [9.17, 15) is 4.79 Å². The summed E-state index contributed by atoms with van der Waals surface area (Å²) in [4.78, 5) is 17.0. The lowest BCUT2D eigenvalue weighted by Crippen LogP contribution is -2.31. The molecule has 0 atom stereocenters. The Hall–Kier alpha value is -1.92. The first-order valence-corrected chi connectivity index (χ1v) is 10.3. The predicted octanol–water partition coefficient (Wildman–Crippen LogP) is 4.31. The predicted molar refractivity (Wildman–Crippen MR) is 105 cm³/mol. The summed E-state index contributed by atoms with van der Waals surface area (Å²) in [5.41, 5.74) is 2.88. The number of benzene rings is 1. The Morgan fingerprint density at radius 1 is 1.19 bits per heavy atom. The molecule has 2 aliphatic rings. The first kappa shape index (κ1) is 17.5. The van der Waals surface area contributed by atoms with Gasteiger partial charge in [0.15, 0.2) is 0 Å². The number of thiazole rings is 1. The van der Waals surface area contributed by atoms with E-state index in [0.717, 1.165) is 60.2 Å². The number of nitrogens with zero attached hydrogens (tertiary/aromatic N) is 1. The molecule has 0 spiro atoms. The van der Waals surface area contributed by atoms with Crippen molar-refractivity contribution in [2.45, 2.75) is 32.1 Å². The molecule has 4 rings (SSSR count). The second kappa shape index (κ2) is 8.18. The number of carbonyl (C=O) groups excluding carboxylic acids is 1. The number of hydrogen-bond acceptors (Lipinski definition) is 5. The number of carbonyl (C=O) groups is 1. The van der Waals surface area contributed by atoms with Gasteiger partial charge in [0.1, 0.15) is 5.01 Å². The summed E-state index contributed by atoms with van der Waals surface area (Å²) in [6, 6.07) is 7.80. The molecular weight excluding hydrogens is 346 g/mol. The van der Waals surface area contributed by atoms with E-state index in [0.29, 0.717) is 12.5 Å². The number of hydrogen-bond donors (Lipinski definition) is 2. The van der Waals surface area contributed by atoms with Crippen LogP contribution in [0.2, 0.25) is 0 Å². The Balaban J connectivity index is 1.38. The van der Waals surface area contributed by atoms with Gasteiger partial charge < -0.3 is 10.1 Å². The third-order valence-corrected chi connectivity index (χ3v) is 5.97. The fraction of sp³-hybridized carbons (Fsp3) is 0.500. The van der Waals surface area contributed by atoms with E-state index >= 15 is 0 Å². The molecule has 1 saturated heterocycles. The third kappa shape index (κ3) is 4.62. The molecule has 0 unspecified atom stereocenters. The van der Waals surface area contributed by atoms with Crippen molar-refractivity contribution in [3.8, 4) is 10.6 Å². The molecule has 5 nitrogen and oxygen atoms in total. The molecule has 0 bridgehead atoms. The van der Waals surface area contributed by atoms with Gasteiger partial charge in [-0.2, -0.15) is 0 Å². The first-order chi connectivity index (χ1) is 12.8. The number of rotatable bonds is 6. The van der Waals surface area contributed by atoms with Gasteiger partial charge in [0.2, 0.25) is 0 Å². The van der Waals surface area contributed by atoms with Crippen molar-refractivity contribution >= 4 is 23.1 Å². The van der Waals surface area contributed by atoms with Gasteiger partial charge in [0.25, 0.3) is 0 Å². The highest BCUT2D eigenvalue weighted by molar-refractivity contribution is 7.13. The highest BCUT2D eigenvalue weighted by Gasteiger charge is 2.23. The van der Waals surface area contributed by atoms with Crippen molar-refractivity contribution in [3.05, 3.63) is 35.3 Å². The molecule has 1 saturated carbocycles. The van der Waals surface area contributed by atoms with E-state index in [1.807, 2.05) is 24.3 Å². The number of anilines is 1. The normalized spacial score (nSPS) is 17.8. The minimum absolute atomic E-state index is 0.384. The Morgan fingerprint density at radius 2 is 2.00 bits per heavy atom. The van der Waals surface area contributed by atoms with Crippen LogP contribution in [0.1, 0.15) is 31.4 Å². The zero-order valence-corrected chi connectivity index (χ0v) is 15.7. The zero-order valence-electron chi connectivity index (χ0n) is 14.9. The molecule has 6 heteroatoms. The van der Waals surface area contributed by atoms with Gasteiger partial charge in [-0.3, -0.25) is 5.32 Å². The molecule has 1 amide bonds. The van der Waals surface area contributed by atoms with Crippen molar-refractivity contribution in [1.29, 1.82) is 0 Å². The number of nitrogens with one attached hydrogen (secondary N) is 2. The van der Waals surface area contributed by atoms with Crippen molar-refractivity contribution in [3.63, 3.8) is 0 Å². The molecule has 2 aromatic rings. The van der Waals surface area contributed by atoms with Gasteiger partial charge >= 0.3 is 6.09 Å². The molecular formula is C20H25N3O2S. The Morgan fingerprint density at radius 3 is 2.81 bits per heavy atom. The van der Waals surface area contributed by atoms with Gasteiger partial charge in [-0.05, 0) is 69.2 Å². The number of para-hydroxylation sites is 1. The molecule has 1 aromatic heterocycles. The number of amides is 1. The van der Waals surface area contributed by atoms with Crippen LogP contribution in [0.4, 0.5) is 10.5 Å². The first-order valence-electron chi connectivity index (χ1n) is 9.46. The van der Waals surface area contributed by atoms with Crippen LogP contribution < -0.4 is 10.6 Å². The smallest absolute Gasteiger partial charge is 0.411 e. The lowest BCUT2D eigenvalue weighted by Gasteiger charge is -2.22. The number of aromatic nitrogens is 1. The van der Waals surface area contributed by atoms with Crippen LogP contribution in [-0.2, 0) is 11.2 Å². The van der Waals surface area contributed by atoms with Crippen LogP contribution >= 0.6 is 11.3 Å². The number of ether oxygens (including phenoxy) is 1. The monoisotopic (exact) mass is 371 g/mol. The largest absolute Gasteiger partial charge is 0.449 e. The Labute approximate surface area is 158 Å². The van der Waals surface area contributed by atoms with E-state index in [4.69, 9.17) is 9.72 Å². The molecule has 0 radical (unpaired) electrons. The fourth-order valence-corrected chi connectivity index (χ4v) is 4.18. The number of piperidine rings is 1. The van der Waals surface area contributed by atoms with Crippen LogP contribution in [0, 0.1) is 11.8 Å². The zero-order chi connectivity index (χ0) is 17.8. The third-order valence-electron chi connectivity index (χ3n) is 5.05. The van der Waals surface area contributed by atoms with Crippen molar-refractivity contribution in [1.82, 2.24) is 10.3 Å². The van der Waals surface area contributed by atoms with Crippen LogP contribution in [0.15, 0.2) is 29.6 Å². The second-order valence-electron chi connectivity index (χ2n) is 7.25. The molecule has 26 heavy (non-hydrogen) atoms. The minimum atomic E-state index is -0.384. The van der Waals surface area contributed by atoms with Crippen LogP contribution in [0.5, 0.6) is 0 Å². The Bertz CT molecular complexity index is 751. The van der Waals surface area contributed by atoms with Crippen LogP contribution in [0.3, 0.4) is 0 Å². The summed E-state index contributed by atoms with van der Waals surface area (Å²) in [5.74, 6) is 1.28. The average Bonchev–Trinajstić information content (AvgIpc) is 3.36. The maximum Gasteiger partial charge on any atom is 0.411 e. The van der Waals surface area contributed by atoms with Crippen LogP contribution in [-0.4, -0.2) is 30.8 Å². The lowest BCUT2D eigenvalue weighted by molar-refractivity contribution is 0.131. The van der Waals surface area contributed by atoms with Gasteiger partial charge in [0, 0.05) is 10.9 Å². The van der Waals surface area contributed by atoms with Crippen molar-refractivity contribution in [2.75, 3.05) is 25.0 Å². The fourth-order valence-electron chi connectivity index (χ4n) is 3.31. The molecule has 2 heterocycles. The summed E-state index contributed by atoms with van der Waals surface area (Å²) in [6.45, 7) is 2.50. The molecule has 2 N–H and O–H groups in total. The van der Waals surface area contributed by atoms with Crippen molar-refractivity contribution in [2.24, 2.45) is 11.8 Å². The summed E-state index contributed by atoms with van der Waals surface area (Å²) < 4.78 is 5.45. The topological polar surface area (TPSA) is 63.2 Å². The van der Waals surface area contributed by atoms with Gasteiger partial charge in [-0.15, -0.1) is 11.3 Å². The van der Waals surface area contributed by atoms with Crippen molar-refractivity contribution < 1.29 is 9.53 Å². The van der Waals surface area contributed by atoms with E-state index in [-0.39, 0.29) is 6.09 Å². The quantitative estimate of drug-likeness (QED) is 0.794. The average molecular weight is 372 g/mol. The molecule has 1 aliphatic carbocycles. The van der Waals surface area contributed by atoms with E-state index in [1.54, 1.807) is 11.3 Å². The maximum atomic E-state index is 12.2.